The second-order valence-corrected chi connectivity index (χ2v) is 6.39. The maximum absolute atomic E-state index is 6.55. The fraction of sp³-hybridized carbons (Fsp3) is 0.308. The number of aromatic nitrogens is 1. The Bertz CT molecular complexity index is 657. The van der Waals surface area contributed by atoms with Crippen molar-refractivity contribution in [2.45, 2.75) is 19.3 Å². The first-order valence-corrected chi connectivity index (χ1v) is 7.62. The maximum Gasteiger partial charge on any atom is 0.144 e. The van der Waals surface area contributed by atoms with Gasteiger partial charge in [-0.15, -0.1) is 0 Å². The number of rotatable bonds is 1. The van der Waals surface area contributed by atoms with Crippen LogP contribution in [0.25, 0.3) is 10.9 Å². The third-order valence-electron chi connectivity index (χ3n) is 3.28. The zero-order chi connectivity index (χ0) is 12.9. The Morgan fingerprint density at radius 2 is 2.06 bits per heavy atom. The van der Waals surface area contributed by atoms with Gasteiger partial charge in [-0.25, -0.2) is 0 Å². The molecule has 5 heteroatoms. The molecule has 0 saturated heterocycles. The van der Waals surface area contributed by atoms with Crippen molar-refractivity contribution in [3.8, 4) is 5.75 Å². The van der Waals surface area contributed by atoms with E-state index in [1.165, 1.54) is 5.56 Å². The van der Waals surface area contributed by atoms with Crippen molar-refractivity contribution >= 4 is 54.4 Å². The topological polar surface area (TPSA) is 22.1 Å². The summed E-state index contributed by atoms with van der Waals surface area (Å²) >= 11 is 13.6. The minimum Gasteiger partial charge on any atom is -0.495 e. The maximum atomic E-state index is 6.55. The van der Waals surface area contributed by atoms with Crippen molar-refractivity contribution in [2.24, 2.45) is 0 Å². The lowest BCUT2D eigenvalue weighted by molar-refractivity contribution is 0.417. The summed E-state index contributed by atoms with van der Waals surface area (Å²) in [7, 11) is 1.65. The zero-order valence-electron chi connectivity index (χ0n) is 9.69. The molecule has 1 aliphatic rings. The summed E-state index contributed by atoms with van der Waals surface area (Å²) < 4.78 is 7.27. The molecule has 3 rings (SSSR count). The molecular formula is C13H10Br2ClNO. The highest BCUT2D eigenvalue weighted by Crippen LogP contribution is 2.44. The molecule has 0 spiro atoms. The SMILES string of the molecule is COc1c(Br)cc(Br)c2nc3c(c(Cl)c12)CCC3. The summed E-state index contributed by atoms with van der Waals surface area (Å²) in [5.41, 5.74) is 3.17. The van der Waals surface area contributed by atoms with E-state index in [1.54, 1.807) is 7.11 Å². The van der Waals surface area contributed by atoms with Gasteiger partial charge >= 0.3 is 0 Å². The summed E-state index contributed by atoms with van der Waals surface area (Å²) in [6, 6.07) is 1.95. The number of hydrogen-bond acceptors (Lipinski definition) is 2. The average Bonchev–Trinajstić information content (AvgIpc) is 2.79. The van der Waals surface area contributed by atoms with Crippen LogP contribution in [0.4, 0.5) is 0 Å². The van der Waals surface area contributed by atoms with E-state index in [2.05, 4.69) is 31.9 Å². The highest BCUT2D eigenvalue weighted by molar-refractivity contribution is 9.11. The van der Waals surface area contributed by atoms with Gasteiger partial charge in [0.05, 0.1) is 27.5 Å². The van der Waals surface area contributed by atoms with E-state index in [0.717, 1.165) is 55.6 Å². The van der Waals surface area contributed by atoms with Crippen LogP contribution in [0.2, 0.25) is 5.02 Å². The molecule has 0 N–H and O–H groups in total. The Labute approximate surface area is 127 Å². The van der Waals surface area contributed by atoms with Crippen LogP contribution in [0.5, 0.6) is 5.75 Å². The number of ether oxygens (including phenoxy) is 1. The van der Waals surface area contributed by atoms with Gasteiger partial charge in [0.25, 0.3) is 0 Å². The normalized spacial score (nSPS) is 14.0. The first kappa shape index (κ1) is 12.7. The predicted octanol–water partition coefficient (Wildman–Crippen LogP) is 4.91. The van der Waals surface area contributed by atoms with E-state index in [9.17, 15) is 0 Å². The van der Waals surface area contributed by atoms with Gasteiger partial charge in [0.2, 0.25) is 0 Å². The predicted molar refractivity (Wildman–Crippen MR) is 80.7 cm³/mol. The van der Waals surface area contributed by atoms with E-state index in [1.807, 2.05) is 6.07 Å². The molecule has 0 saturated carbocycles. The second kappa shape index (κ2) is 4.66. The van der Waals surface area contributed by atoms with Crippen molar-refractivity contribution in [3.05, 3.63) is 31.3 Å². The van der Waals surface area contributed by atoms with Crippen LogP contribution in [0, 0.1) is 0 Å². The molecular weight excluding hydrogens is 381 g/mol. The van der Waals surface area contributed by atoms with Gasteiger partial charge in [-0.1, -0.05) is 11.6 Å². The molecule has 2 nitrogen and oxygen atoms in total. The van der Waals surface area contributed by atoms with Gasteiger partial charge in [-0.05, 0) is 62.8 Å². The van der Waals surface area contributed by atoms with Crippen LogP contribution in [0.15, 0.2) is 15.0 Å². The minimum atomic E-state index is 0.750. The molecule has 94 valence electrons. The lowest BCUT2D eigenvalue weighted by atomic mass is 10.1. The molecule has 1 aromatic heterocycles. The molecule has 1 aromatic carbocycles. The molecule has 0 amide bonds. The van der Waals surface area contributed by atoms with E-state index < -0.39 is 0 Å². The third kappa shape index (κ3) is 1.77. The zero-order valence-corrected chi connectivity index (χ0v) is 13.6. The largest absolute Gasteiger partial charge is 0.495 e. The Morgan fingerprint density at radius 3 is 2.78 bits per heavy atom. The number of methoxy groups -OCH3 is 1. The first-order chi connectivity index (χ1) is 8.63. The van der Waals surface area contributed by atoms with E-state index in [-0.39, 0.29) is 0 Å². The first-order valence-electron chi connectivity index (χ1n) is 5.66. The van der Waals surface area contributed by atoms with Gasteiger partial charge in [0.15, 0.2) is 0 Å². The molecule has 2 aromatic rings. The molecule has 0 bridgehead atoms. The monoisotopic (exact) mass is 389 g/mol. The standard InChI is InChI=1S/C13H10Br2ClNO/c1-18-13-8(15)5-7(14)12-10(13)11(16)6-3-2-4-9(6)17-12/h5H,2-4H2,1H3. The van der Waals surface area contributed by atoms with Crippen LogP contribution in [-0.4, -0.2) is 12.1 Å². The summed E-state index contributed by atoms with van der Waals surface area (Å²) in [6.45, 7) is 0. The van der Waals surface area contributed by atoms with Crippen molar-refractivity contribution < 1.29 is 4.74 Å². The minimum absolute atomic E-state index is 0.750. The molecule has 0 radical (unpaired) electrons. The molecule has 1 aliphatic carbocycles. The Balaban J connectivity index is 2.49. The van der Waals surface area contributed by atoms with Crippen molar-refractivity contribution in [2.75, 3.05) is 7.11 Å². The molecule has 0 atom stereocenters. The Morgan fingerprint density at radius 1 is 1.28 bits per heavy atom. The number of fused-ring (bicyclic) bond motifs is 2. The van der Waals surface area contributed by atoms with E-state index in [4.69, 9.17) is 21.3 Å². The molecule has 1 heterocycles. The number of hydrogen-bond donors (Lipinski definition) is 0. The average molecular weight is 391 g/mol. The Hall–Kier alpha value is -0.320. The summed E-state index contributed by atoms with van der Waals surface area (Å²) in [5.74, 6) is 0.750. The van der Waals surface area contributed by atoms with Crippen LogP contribution in [-0.2, 0) is 12.8 Å². The highest BCUT2D eigenvalue weighted by atomic mass is 79.9. The van der Waals surface area contributed by atoms with Crippen molar-refractivity contribution in [1.82, 2.24) is 4.98 Å². The fourth-order valence-corrected chi connectivity index (χ4v) is 4.27. The number of nitrogens with zero attached hydrogens (tertiary/aromatic N) is 1. The summed E-state index contributed by atoms with van der Waals surface area (Å²) in [5, 5.41) is 1.67. The number of halogens is 3. The van der Waals surface area contributed by atoms with E-state index >= 15 is 0 Å². The summed E-state index contributed by atoms with van der Waals surface area (Å²) in [6.07, 6.45) is 3.14. The van der Waals surface area contributed by atoms with Gasteiger partial charge < -0.3 is 4.74 Å². The Kier molecular flexibility index (Phi) is 3.28. The molecule has 0 aliphatic heterocycles. The second-order valence-electron chi connectivity index (χ2n) is 4.30. The van der Waals surface area contributed by atoms with Crippen LogP contribution in [0.3, 0.4) is 0 Å². The van der Waals surface area contributed by atoms with Crippen LogP contribution < -0.4 is 4.74 Å². The van der Waals surface area contributed by atoms with Crippen LogP contribution in [0.1, 0.15) is 17.7 Å². The molecule has 18 heavy (non-hydrogen) atoms. The van der Waals surface area contributed by atoms with Gasteiger partial charge in [0, 0.05) is 10.2 Å². The third-order valence-corrected chi connectivity index (χ3v) is 4.90. The molecule has 0 fully saturated rings. The van der Waals surface area contributed by atoms with Gasteiger partial charge in [0.1, 0.15) is 5.75 Å². The lowest BCUT2D eigenvalue weighted by Gasteiger charge is -2.13. The number of pyridine rings is 1. The lowest BCUT2D eigenvalue weighted by Crippen LogP contribution is -1.96. The van der Waals surface area contributed by atoms with Crippen LogP contribution >= 0.6 is 43.5 Å². The van der Waals surface area contributed by atoms with Gasteiger partial charge in [-0.2, -0.15) is 0 Å². The molecule has 0 unspecified atom stereocenters. The number of aryl methyl sites for hydroxylation is 1. The summed E-state index contributed by atoms with van der Waals surface area (Å²) in [4.78, 5) is 4.73. The smallest absolute Gasteiger partial charge is 0.144 e. The van der Waals surface area contributed by atoms with Crippen molar-refractivity contribution in [1.29, 1.82) is 0 Å². The van der Waals surface area contributed by atoms with E-state index in [0.29, 0.717) is 0 Å². The van der Waals surface area contributed by atoms with Crippen molar-refractivity contribution in [3.63, 3.8) is 0 Å². The quantitative estimate of drug-likeness (QED) is 0.689. The van der Waals surface area contributed by atoms with Gasteiger partial charge in [-0.3, -0.25) is 4.98 Å². The number of benzene rings is 1. The highest BCUT2D eigenvalue weighted by Gasteiger charge is 2.23. The fourth-order valence-electron chi connectivity index (χ4n) is 2.48.